The molecule has 0 radical (unpaired) electrons. The number of rotatable bonds is 4. The van der Waals surface area contributed by atoms with Crippen LogP contribution in [0, 0.1) is 5.82 Å². The summed E-state index contributed by atoms with van der Waals surface area (Å²) in [6.45, 7) is 0. The van der Waals surface area contributed by atoms with Gasteiger partial charge in [0.1, 0.15) is 11.9 Å². The Morgan fingerprint density at radius 2 is 2.07 bits per heavy atom. The number of amides is 1. The second kappa shape index (κ2) is 7.61. The van der Waals surface area contributed by atoms with Crippen molar-refractivity contribution in [1.29, 1.82) is 0 Å². The van der Waals surface area contributed by atoms with Crippen LogP contribution in [0.25, 0.3) is 10.9 Å². The van der Waals surface area contributed by atoms with E-state index in [1.54, 1.807) is 35.8 Å². The number of thiazole rings is 1. The van der Waals surface area contributed by atoms with Crippen molar-refractivity contribution in [1.82, 2.24) is 14.5 Å². The minimum atomic E-state index is -1.10. The smallest absolute Gasteiger partial charge is 0.262 e. The number of halogens is 2. The number of benzene rings is 2. The molecule has 0 saturated heterocycles. The Hall–Kier alpha value is -2.91. The Labute approximate surface area is 170 Å². The van der Waals surface area contributed by atoms with Crippen molar-refractivity contribution in [2.75, 3.05) is 5.32 Å². The summed E-state index contributed by atoms with van der Waals surface area (Å²) in [5.74, 6) is -1.02. The Bertz CT molecular complexity index is 1230. The first-order chi connectivity index (χ1) is 13.5. The van der Waals surface area contributed by atoms with Crippen LogP contribution < -0.4 is 10.9 Å². The first-order valence-electron chi connectivity index (χ1n) is 8.15. The highest BCUT2D eigenvalue weighted by atomic mass is 79.9. The van der Waals surface area contributed by atoms with Crippen molar-refractivity contribution in [2.45, 2.75) is 6.04 Å². The molecule has 1 amide bonds. The van der Waals surface area contributed by atoms with E-state index >= 15 is 0 Å². The highest BCUT2D eigenvalue weighted by Gasteiger charge is 2.26. The van der Waals surface area contributed by atoms with Crippen LogP contribution in [0.2, 0.25) is 0 Å². The molecule has 1 N–H and O–H groups in total. The van der Waals surface area contributed by atoms with Gasteiger partial charge in [0.05, 0.1) is 17.2 Å². The van der Waals surface area contributed by atoms with Crippen molar-refractivity contribution in [3.8, 4) is 0 Å². The van der Waals surface area contributed by atoms with Crippen molar-refractivity contribution < 1.29 is 9.18 Å². The minimum absolute atomic E-state index is 0.328. The fourth-order valence-electron chi connectivity index (χ4n) is 2.87. The van der Waals surface area contributed by atoms with Crippen molar-refractivity contribution in [3.63, 3.8) is 0 Å². The number of nitrogens with zero attached hydrogens (tertiary/aromatic N) is 3. The molecule has 0 aliphatic heterocycles. The summed E-state index contributed by atoms with van der Waals surface area (Å²) in [5.41, 5.74) is 0.421. The van der Waals surface area contributed by atoms with Crippen LogP contribution in [0.1, 0.15) is 11.6 Å². The van der Waals surface area contributed by atoms with Crippen LogP contribution in [0.4, 0.5) is 9.52 Å². The molecule has 0 spiro atoms. The molecule has 0 saturated carbocycles. The highest BCUT2D eigenvalue weighted by molar-refractivity contribution is 9.10. The molecule has 4 rings (SSSR count). The van der Waals surface area contributed by atoms with Gasteiger partial charge in [-0.05, 0) is 35.9 Å². The summed E-state index contributed by atoms with van der Waals surface area (Å²) in [5, 5.41) is 5.13. The molecular formula is C19H12BrFN4O2S. The molecule has 0 aliphatic rings. The summed E-state index contributed by atoms with van der Waals surface area (Å²) in [7, 11) is 0. The third-order valence-electron chi connectivity index (χ3n) is 4.10. The van der Waals surface area contributed by atoms with Gasteiger partial charge >= 0.3 is 0 Å². The average Bonchev–Trinajstić information content (AvgIpc) is 3.17. The van der Waals surface area contributed by atoms with Crippen molar-refractivity contribution in [2.24, 2.45) is 0 Å². The van der Waals surface area contributed by atoms with E-state index in [-0.39, 0.29) is 0 Å². The lowest BCUT2D eigenvalue weighted by atomic mass is 10.1. The van der Waals surface area contributed by atoms with Gasteiger partial charge in [0.2, 0.25) is 0 Å². The summed E-state index contributed by atoms with van der Waals surface area (Å²) in [4.78, 5) is 34.4. The summed E-state index contributed by atoms with van der Waals surface area (Å²) < 4.78 is 15.8. The zero-order valence-corrected chi connectivity index (χ0v) is 16.6. The monoisotopic (exact) mass is 458 g/mol. The van der Waals surface area contributed by atoms with E-state index in [0.29, 0.717) is 21.6 Å². The van der Waals surface area contributed by atoms with E-state index in [1.807, 2.05) is 0 Å². The van der Waals surface area contributed by atoms with Crippen LogP contribution in [0.5, 0.6) is 0 Å². The molecule has 0 fully saturated rings. The third kappa shape index (κ3) is 3.58. The number of aromatic nitrogens is 3. The standard InChI is InChI=1S/C19H12BrFN4O2S/c20-12-4-5-14-15(9-12)23-10-25(18(14)27)16(11-2-1-3-13(21)8-11)17(26)24-19-22-6-7-28-19/h1-10,16H,(H,22,24,26). The summed E-state index contributed by atoms with van der Waals surface area (Å²) in [6.07, 6.45) is 2.85. The van der Waals surface area contributed by atoms with E-state index in [9.17, 15) is 14.0 Å². The number of carbonyl (C=O) groups excluding carboxylic acids is 1. The number of anilines is 1. The number of carbonyl (C=O) groups is 1. The molecule has 6 nitrogen and oxygen atoms in total. The van der Waals surface area contributed by atoms with Crippen molar-refractivity contribution >= 4 is 49.2 Å². The molecule has 1 unspecified atom stereocenters. The molecule has 28 heavy (non-hydrogen) atoms. The van der Waals surface area contributed by atoms with Crippen molar-refractivity contribution in [3.05, 3.63) is 86.6 Å². The predicted molar refractivity (Wildman–Crippen MR) is 109 cm³/mol. The fraction of sp³-hybridized carbons (Fsp3) is 0.0526. The predicted octanol–water partition coefficient (Wildman–Crippen LogP) is 3.98. The first-order valence-corrected chi connectivity index (χ1v) is 9.82. The zero-order valence-electron chi connectivity index (χ0n) is 14.2. The highest BCUT2D eigenvalue weighted by Crippen LogP contribution is 2.23. The lowest BCUT2D eigenvalue weighted by molar-refractivity contribution is -0.118. The van der Waals surface area contributed by atoms with Gasteiger partial charge in [-0.25, -0.2) is 14.4 Å². The molecule has 4 aromatic rings. The summed E-state index contributed by atoms with van der Waals surface area (Å²) >= 11 is 4.59. The van der Waals surface area contributed by atoms with E-state index in [0.717, 1.165) is 4.47 Å². The van der Waals surface area contributed by atoms with Gasteiger partial charge in [-0.2, -0.15) is 0 Å². The maximum Gasteiger partial charge on any atom is 0.262 e. The molecule has 0 bridgehead atoms. The Morgan fingerprint density at radius 3 is 2.82 bits per heavy atom. The van der Waals surface area contributed by atoms with E-state index in [1.165, 1.54) is 40.4 Å². The van der Waals surface area contributed by atoms with Crippen LogP contribution in [-0.2, 0) is 4.79 Å². The van der Waals surface area contributed by atoms with E-state index in [4.69, 9.17) is 0 Å². The van der Waals surface area contributed by atoms with Gasteiger partial charge in [-0.3, -0.25) is 19.5 Å². The van der Waals surface area contributed by atoms with Gasteiger partial charge in [-0.15, -0.1) is 11.3 Å². The van der Waals surface area contributed by atoms with E-state index < -0.39 is 23.3 Å². The Balaban J connectivity index is 1.86. The van der Waals surface area contributed by atoms with Gasteiger partial charge < -0.3 is 0 Å². The normalized spacial score (nSPS) is 12.1. The van der Waals surface area contributed by atoms with Gasteiger partial charge in [0.25, 0.3) is 11.5 Å². The average molecular weight is 459 g/mol. The van der Waals surface area contributed by atoms with Crippen LogP contribution in [0.15, 0.2) is 69.6 Å². The maximum atomic E-state index is 13.8. The van der Waals surface area contributed by atoms with Gasteiger partial charge in [0, 0.05) is 16.0 Å². The number of hydrogen-bond acceptors (Lipinski definition) is 5. The molecule has 0 aliphatic carbocycles. The van der Waals surface area contributed by atoms with Gasteiger partial charge in [-0.1, -0.05) is 28.1 Å². The van der Waals surface area contributed by atoms with E-state index in [2.05, 4.69) is 31.2 Å². The Kier molecular flexibility index (Phi) is 5.01. The molecule has 140 valence electrons. The quantitative estimate of drug-likeness (QED) is 0.501. The second-order valence-electron chi connectivity index (χ2n) is 5.90. The Morgan fingerprint density at radius 1 is 1.21 bits per heavy atom. The van der Waals surface area contributed by atoms with Crippen LogP contribution in [0.3, 0.4) is 0 Å². The number of fused-ring (bicyclic) bond motifs is 1. The second-order valence-corrected chi connectivity index (χ2v) is 7.71. The minimum Gasteiger partial charge on any atom is -0.300 e. The molecule has 2 heterocycles. The molecular weight excluding hydrogens is 447 g/mol. The lowest BCUT2D eigenvalue weighted by Crippen LogP contribution is -2.34. The SMILES string of the molecule is O=C(Nc1nccs1)C(c1cccc(F)c1)n1cnc2cc(Br)ccc2c1=O. The number of nitrogens with one attached hydrogen (secondary N) is 1. The fourth-order valence-corrected chi connectivity index (χ4v) is 3.75. The zero-order chi connectivity index (χ0) is 19.7. The number of hydrogen-bond donors (Lipinski definition) is 1. The first kappa shape index (κ1) is 18.5. The molecule has 9 heteroatoms. The largest absolute Gasteiger partial charge is 0.300 e. The maximum absolute atomic E-state index is 13.8. The molecule has 2 aromatic carbocycles. The lowest BCUT2D eigenvalue weighted by Gasteiger charge is -2.19. The molecule has 1 atom stereocenters. The topological polar surface area (TPSA) is 76.9 Å². The summed E-state index contributed by atoms with van der Waals surface area (Å²) in [6, 6.07) is 9.55. The van der Waals surface area contributed by atoms with Crippen LogP contribution in [-0.4, -0.2) is 20.4 Å². The van der Waals surface area contributed by atoms with Gasteiger partial charge in [0.15, 0.2) is 5.13 Å². The third-order valence-corrected chi connectivity index (χ3v) is 5.28. The van der Waals surface area contributed by atoms with Crippen LogP contribution >= 0.6 is 27.3 Å². The molecule has 2 aromatic heterocycles.